The Hall–Kier alpha value is -3.35. The van der Waals surface area contributed by atoms with Crippen molar-refractivity contribution >= 4 is 34.7 Å². The molecule has 0 saturated heterocycles. The molecule has 0 radical (unpaired) electrons. The SMILES string of the molecule is CCC(=O)c1ccc2c(c1)N(CC(=O)Nc1ccc(N(C)C)cc1)C(=O)CO2. The Morgan fingerprint density at radius 2 is 1.86 bits per heavy atom. The number of fused-ring (bicyclic) bond motifs is 1. The van der Waals surface area contributed by atoms with Crippen LogP contribution in [-0.2, 0) is 9.59 Å². The second-order valence-electron chi connectivity index (χ2n) is 6.72. The highest BCUT2D eigenvalue weighted by molar-refractivity contribution is 6.06. The molecule has 0 atom stereocenters. The molecule has 0 aliphatic carbocycles. The van der Waals surface area contributed by atoms with Crippen molar-refractivity contribution < 1.29 is 19.1 Å². The number of anilines is 3. The maximum atomic E-state index is 12.5. The van der Waals surface area contributed by atoms with Crippen LogP contribution in [0.25, 0.3) is 0 Å². The van der Waals surface area contributed by atoms with E-state index < -0.39 is 0 Å². The van der Waals surface area contributed by atoms with E-state index in [2.05, 4.69) is 5.32 Å². The first-order chi connectivity index (χ1) is 13.4. The van der Waals surface area contributed by atoms with Crippen LogP contribution < -0.4 is 19.9 Å². The first kappa shape index (κ1) is 19.4. The van der Waals surface area contributed by atoms with E-state index in [1.165, 1.54) is 4.90 Å². The zero-order valence-corrected chi connectivity index (χ0v) is 16.2. The molecule has 0 spiro atoms. The molecule has 1 N–H and O–H groups in total. The van der Waals surface area contributed by atoms with E-state index in [0.717, 1.165) is 5.69 Å². The topological polar surface area (TPSA) is 79.0 Å². The molecule has 7 nitrogen and oxygen atoms in total. The van der Waals surface area contributed by atoms with Gasteiger partial charge in [0.2, 0.25) is 5.91 Å². The summed E-state index contributed by atoms with van der Waals surface area (Å²) in [5.41, 5.74) is 2.59. The number of benzene rings is 2. The number of nitrogens with one attached hydrogen (secondary N) is 1. The Morgan fingerprint density at radius 1 is 1.14 bits per heavy atom. The van der Waals surface area contributed by atoms with E-state index in [1.807, 2.05) is 31.1 Å². The van der Waals surface area contributed by atoms with Crippen molar-refractivity contribution in [1.82, 2.24) is 0 Å². The average molecular weight is 381 g/mol. The smallest absolute Gasteiger partial charge is 0.265 e. The summed E-state index contributed by atoms with van der Waals surface area (Å²) in [5.74, 6) is -0.209. The molecule has 0 bridgehead atoms. The minimum absolute atomic E-state index is 0.0359. The molecule has 2 aromatic carbocycles. The maximum Gasteiger partial charge on any atom is 0.265 e. The van der Waals surface area contributed by atoms with Gasteiger partial charge in [-0.2, -0.15) is 0 Å². The minimum Gasteiger partial charge on any atom is -0.482 e. The van der Waals surface area contributed by atoms with Crippen LogP contribution in [0.2, 0.25) is 0 Å². The molecule has 3 rings (SSSR count). The van der Waals surface area contributed by atoms with Gasteiger partial charge in [0.05, 0.1) is 5.69 Å². The van der Waals surface area contributed by atoms with E-state index in [4.69, 9.17) is 4.74 Å². The van der Waals surface area contributed by atoms with Crippen molar-refractivity contribution in [3.8, 4) is 5.75 Å². The standard InChI is InChI=1S/C21H23N3O4/c1-4-18(25)14-5-10-19-17(11-14)24(21(27)13-28-19)12-20(26)22-15-6-8-16(9-7-15)23(2)3/h5-11H,4,12-13H2,1-3H3,(H,22,26). The average Bonchev–Trinajstić information content (AvgIpc) is 2.69. The summed E-state index contributed by atoms with van der Waals surface area (Å²) in [6, 6.07) is 12.3. The quantitative estimate of drug-likeness (QED) is 0.779. The van der Waals surface area contributed by atoms with Crippen molar-refractivity contribution in [1.29, 1.82) is 0 Å². The summed E-state index contributed by atoms with van der Waals surface area (Å²) in [5, 5.41) is 2.80. The third kappa shape index (κ3) is 4.14. The number of amides is 2. The van der Waals surface area contributed by atoms with Gasteiger partial charge in [-0.1, -0.05) is 6.92 Å². The van der Waals surface area contributed by atoms with Crippen LogP contribution in [0.15, 0.2) is 42.5 Å². The van der Waals surface area contributed by atoms with Gasteiger partial charge < -0.3 is 15.0 Å². The normalized spacial score (nSPS) is 12.8. The molecule has 28 heavy (non-hydrogen) atoms. The predicted molar refractivity (Wildman–Crippen MR) is 108 cm³/mol. The summed E-state index contributed by atoms with van der Waals surface area (Å²) < 4.78 is 5.43. The van der Waals surface area contributed by atoms with Gasteiger partial charge in [0.15, 0.2) is 12.4 Å². The van der Waals surface area contributed by atoms with Gasteiger partial charge in [-0.05, 0) is 42.5 Å². The zero-order valence-electron chi connectivity index (χ0n) is 16.2. The fraction of sp³-hybridized carbons (Fsp3) is 0.286. The van der Waals surface area contributed by atoms with E-state index in [0.29, 0.717) is 29.1 Å². The number of carbonyl (C=O) groups excluding carboxylic acids is 3. The second kappa shape index (κ2) is 8.12. The monoisotopic (exact) mass is 381 g/mol. The molecular formula is C21H23N3O4. The summed E-state index contributed by atoms with van der Waals surface area (Å²) in [6.45, 7) is 1.48. The zero-order chi connectivity index (χ0) is 20.3. The van der Waals surface area contributed by atoms with Crippen LogP contribution in [0.1, 0.15) is 23.7 Å². The maximum absolute atomic E-state index is 12.5. The van der Waals surface area contributed by atoms with E-state index in [1.54, 1.807) is 37.3 Å². The van der Waals surface area contributed by atoms with Crippen LogP contribution in [0.4, 0.5) is 17.1 Å². The first-order valence-corrected chi connectivity index (χ1v) is 9.06. The van der Waals surface area contributed by atoms with E-state index in [-0.39, 0.29) is 30.7 Å². The first-order valence-electron chi connectivity index (χ1n) is 9.06. The molecule has 146 valence electrons. The predicted octanol–water partition coefficient (Wildman–Crippen LogP) is 2.71. The van der Waals surface area contributed by atoms with E-state index >= 15 is 0 Å². The lowest BCUT2D eigenvalue weighted by molar-refractivity contribution is -0.123. The van der Waals surface area contributed by atoms with Crippen LogP contribution in [0.5, 0.6) is 5.75 Å². The van der Waals surface area contributed by atoms with Gasteiger partial charge in [-0.25, -0.2) is 0 Å². The van der Waals surface area contributed by atoms with Crippen LogP contribution in [0.3, 0.4) is 0 Å². The Labute approximate surface area is 163 Å². The highest BCUT2D eigenvalue weighted by atomic mass is 16.5. The van der Waals surface area contributed by atoms with Crippen molar-refractivity contribution in [3.05, 3.63) is 48.0 Å². The Kier molecular flexibility index (Phi) is 5.63. The summed E-state index contributed by atoms with van der Waals surface area (Å²) >= 11 is 0. The Morgan fingerprint density at radius 3 is 2.50 bits per heavy atom. The molecule has 7 heteroatoms. The number of hydrogen-bond acceptors (Lipinski definition) is 5. The minimum atomic E-state index is -0.328. The van der Waals surface area contributed by atoms with Crippen molar-refractivity contribution in [2.45, 2.75) is 13.3 Å². The third-order valence-electron chi connectivity index (χ3n) is 4.51. The van der Waals surface area contributed by atoms with Crippen molar-refractivity contribution in [3.63, 3.8) is 0 Å². The molecule has 0 fully saturated rings. The lowest BCUT2D eigenvalue weighted by atomic mass is 10.1. The lowest BCUT2D eigenvalue weighted by Crippen LogP contribution is -2.43. The molecular weight excluding hydrogens is 358 g/mol. The Bertz CT molecular complexity index is 906. The fourth-order valence-electron chi connectivity index (χ4n) is 2.94. The van der Waals surface area contributed by atoms with Crippen LogP contribution in [-0.4, -0.2) is 44.8 Å². The second-order valence-corrected chi connectivity index (χ2v) is 6.72. The molecule has 0 unspecified atom stereocenters. The number of nitrogens with zero attached hydrogens (tertiary/aromatic N) is 2. The number of ether oxygens (including phenoxy) is 1. The number of Topliss-reactive ketones (excluding diaryl/α,β-unsaturated/α-hetero) is 1. The van der Waals surface area contributed by atoms with Gasteiger partial charge in [-0.15, -0.1) is 0 Å². The van der Waals surface area contributed by atoms with Gasteiger partial charge in [0.25, 0.3) is 5.91 Å². The molecule has 0 saturated carbocycles. The number of rotatable bonds is 6. The Balaban J connectivity index is 1.77. The van der Waals surface area contributed by atoms with E-state index in [9.17, 15) is 14.4 Å². The lowest BCUT2D eigenvalue weighted by Gasteiger charge is -2.29. The van der Waals surface area contributed by atoms with Gasteiger partial charge >= 0.3 is 0 Å². The molecule has 2 aromatic rings. The van der Waals surface area contributed by atoms with Gasteiger partial charge in [-0.3, -0.25) is 19.3 Å². The number of carbonyl (C=O) groups is 3. The van der Waals surface area contributed by atoms with Crippen molar-refractivity contribution in [2.75, 3.05) is 42.4 Å². The third-order valence-corrected chi connectivity index (χ3v) is 4.51. The molecule has 0 aromatic heterocycles. The highest BCUT2D eigenvalue weighted by Crippen LogP contribution is 2.33. The van der Waals surface area contributed by atoms with Gasteiger partial charge in [0, 0.05) is 37.5 Å². The molecule has 1 heterocycles. The number of hydrogen-bond donors (Lipinski definition) is 1. The largest absolute Gasteiger partial charge is 0.482 e. The molecule has 1 aliphatic rings. The fourth-order valence-corrected chi connectivity index (χ4v) is 2.94. The van der Waals surface area contributed by atoms with Crippen molar-refractivity contribution in [2.24, 2.45) is 0 Å². The molecule has 1 aliphatic heterocycles. The molecule has 2 amide bonds. The van der Waals surface area contributed by atoms with Crippen LogP contribution >= 0.6 is 0 Å². The van der Waals surface area contributed by atoms with Crippen LogP contribution in [0, 0.1) is 0 Å². The number of ketones is 1. The van der Waals surface area contributed by atoms with Gasteiger partial charge in [0.1, 0.15) is 12.3 Å². The summed E-state index contributed by atoms with van der Waals surface area (Å²) in [7, 11) is 3.87. The summed E-state index contributed by atoms with van der Waals surface area (Å²) in [4.78, 5) is 40.2. The summed E-state index contributed by atoms with van der Waals surface area (Å²) in [6.07, 6.45) is 0.358. The highest BCUT2D eigenvalue weighted by Gasteiger charge is 2.28.